The van der Waals surface area contributed by atoms with Crippen molar-refractivity contribution in [3.8, 4) is 0 Å². The molecule has 0 heterocycles. The third-order valence-corrected chi connectivity index (χ3v) is 2.43. The molecular formula is C12H26N2O2. The summed E-state index contributed by atoms with van der Waals surface area (Å²) in [7, 11) is 0. The van der Waals surface area contributed by atoms with E-state index in [4.69, 9.17) is 4.84 Å². The van der Waals surface area contributed by atoms with Gasteiger partial charge in [0.05, 0.1) is 5.92 Å². The number of hydroxylamine groups is 1. The molecule has 0 amide bonds. The quantitative estimate of drug-likeness (QED) is 0.444. The second-order valence-electron chi connectivity index (χ2n) is 3.94. The average Bonchev–Trinajstić information content (AvgIpc) is 2.28. The number of carbonyl (C=O) groups excluding carboxylic acids is 1. The maximum atomic E-state index is 11.7. The van der Waals surface area contributed by atoms with Crippen molar-refractivity contribution in [2.24, 2.45) is 5.92 Å². The van der Waals surface area contributed by atoms with E-state index in [1.54, 1.807) is 0 Å². The molecule has 2 N–H and O–H groups in total. The third kappa shape index (κ3) is 7.65. The minimum absolute atomic E-state index is 0.0571. The molecule has 0 saturated carbocycles. The van der Waals surface area contributed by atoms with Crippen molar-refractivity contribution < 1.29 is 9.63 Å². The second kappa shape index (κ2) is 10.9. The van der Waals surface area contributed by atoms with Crippen LogP contribution in [-0.4, -0.2) is 25.6 Å². The lowest BCUT2D eigenvalue weighted by molar-refractivity contribution is -0.156. The second-order valence-corrected chi connectivity index (χ2v) is 3.94. The Labute approximate surface area is 99.1 Å². The maximum absolute atomic E-state index is 11.7. The molecule has 0 aliphatic rings. The van der Waals surface area contributed by atoms with Gasteiger partial charge in [-0.2, -0.15) is 5.48 Å². The summed E-state index contributed by atoms with van der Waals surface area (Å²) in [6.07, 6.45) is 3.89. The molecule has 0 fully saturated rings. The van der Waals surface area contributed by atoms with E-state index in [1.165, 1.54) is 0 Å². The van der Waals surface area contributed by atoms with Gasteiger partial charge in [-0.05, 0) is 19.4 Å². The topological polar surface area (TPSA) is 50.4 Å². The molecule has 4 nitrogen and oxygen atoms in total. The highest BCUT2D eigenvalue weighted by molar-refractivity contribution is 5.72. The SMILES string of the molecule is CCCC(CCC)C(=O)ONCCNCC. The Kier molecular flexibility index (Phi) is 10.5. The number of carbonyl (C=O) groups is 1. The largest absolute Gasteiger partial charge is 0.370 e. The molecule has 96 valence electrons. The van der Waals surface area contributed by atoms with Crippen molar-refractivity contribution in [2.75, 3.05) is 19.6 Å². The molecule has 0 aliphatic carbocycles. The van der Waals surface area contributed by atoms with Crippen LogP contribution in [0.25, 0.3) is 0 Å². The van der Waals surface area contributed by atoms with E-state index >= 15 is 0 Å². The Bertz CT molecular complexity index is 168. The standard InChI is InChI=1S/C12H26N2O2/c1-4-7-11(8-5-2)12(15)16-14-10-9-13-6-3/h11,13-14H,4-10H2,1-3H3. The van der Waals surface area contributed by atoms with Crippen molar-refractivity contribution in [3.63, 3.8) is 0 Å². The minimum atomic E-state index is -0.111. The van der Waals surface area contributed by atoms with Crippen LogP contribution < -0.4 is 10.8 Å². The summed E-state index contributed by atoms with van der Waals surface area (Å²) in [5, 5.41) is 3.15. The minimum Gasteiger partial charge on any atom is -0.370 e. The van der Waals surface area contributed by atoms with E-state index in [-0.39, 0.29) is 11.9 Å². The summed E-state index contributed by atoms with van der Waals surface area (Å²) < 4.78 is 0. The van der Waals surface area contributed by atoms with Crippen molar-refractivity contribution >= 4 is 5.97 Å². The highest BCUT2D eigenvalue weighted by Crippen LogP contribution is 2.14. The Morgan fingerprint density at radius 2 is 1.75 bits per heavy atom. The lowest BCUT2D eigenvalue weighted by atomic mass is 9.99. The molecule has 0 saturated heterocycles. The lowest BCUT2D eigenvalue weighted by Gasteiger charge is -2.14. The van der Waals surface area contributed by atoms with Gasteiger partial charge in [-0.1, -0.05) is 33.6 Å². The zero-order chi connectivity index (χ0) is 12.2. The van der Waals surface area contributed by atoms with Crippen LogP contribution in [0, 0.1) is 5.92 Å². The highest BCUT2D eigenvalue weighted by atomic mass is 16.7. The van der Waals surface area contributed by atoms with E-state index < -0.39 is 0 Å². The summed E-state index contributed by atoms with van der Waals surface area (Å²) in [6.45, 7) is 8.64. The molecule has 0 aliphatic heterocycles. The summed E-state index contributed by atoms with van der Waals surface area (Å²) in [5.74, 6) is -0.0539. The molecule has 16 heavy (non-hydrogen) atoms. The van der Waals surface area contributed by atoms with Gasteiger partial charge in [0.15, 0.2) is 0 Å². The number of hydrogen-bond donors (Lipinski definition) is 2. The molecule has 0 aromatic carbocycles. The van der Waals surface area contributed by atoms with Gasteiger partial charge in [0.2, 0.25) is 0 Å². The first-order valence-electron chi connectivity index (χ1n) is 6.40. The van der Waals surface area contributed by atoms with E-state index in [0.717, 1.165) is 38.8 Å². The summed E-state index contributed by atoms with van der Waals surface area (Å²) in [5.41, 5.74) is 2.71. The molecule has 0 unspecified atom stereocenters. The highest BCUT2D eigenvalue weighted by Gasteiger charge is 2.17. The lowest BCUT2D eigenvalue weighted by Crippen LogP contribution is -2.31. The van der Waals surface area contributed by atoms with Gasteiger partial charge in [0.1, 0.15) is 0 Å². The van der Waals surface area contributed by atoms with E-state index in [1.807, 2.05) is 6.92 Å². The molecular weight excluding hydrogens is 204 g/mol. The van der Waals surface area contributed by atoms with Crippen LogP contribution in [0.2, 0.25) is 0 Å². The monoisotopic (exact) mass is 230 g/mol. The number of likely N-dealkylation sites (N-methyl/N-ethyl adjacent to an activating group) is 1. The van der Waals surface area contributed by atoms with E-state index in [9.17, 15) is 4.79 Å². The van der Waals surface area contributed by atoms with Crippen LogP contribution >= 0.6 is 0 Å². The van der Waals surface area contributed by atoms with E-state index in [2.05, 4.69) is 24.6 Å². The molecule has 0 rings (SSSR count). The molecule has 0 bridgehead atoms. The first-order chi connectivity index (χ1) is 7.76. The fourth-order valence-electron chi connectivity index (χ4n) is 1.60. The van der Waals surface area contributed by atoms with E-state index in [0.29, 0.717) is 6.54 Å². The van der Waals surface area contributed by atoms with Crippen molar-refractivity contribution in [1.29, 1.82) is 0 Å². The maximum Gasteiger partial charge on any atom is 0.327 e. The van der Waals surface area contributed by atoms with Crippen LogP contribution in [0.3, 0.4) is 0 Å². The zero-order valence-electron chi connectivity index (χ0n) is 10.8. The first kappa shape index (κ1) is 15.4. The van der Waals surface area contributed by atoms with Crippen LogP contribution in [0.4, 0.5) is 0 Å². The molecule has 0 spiro atoms. The smallest absolute Gasteiger partial charge is 0.327 e. The van der Waals surface area contributed by atoms with Crippen molar-refractivity contribution in [3.05, 3.63) is 0 Å². The fraction of sp³-hybridized carbons (Fsp3) is 0.917. The van der Waals surface area contributed by atoms with Gasteiger partial charge in [0, 0.05) is 13.1 Å². The van der Waals surface area contributed by atoms with Gasteiger partial charge in [-0.15, -0.1) is 0 Å². The molecule has 0 atom stereocenters. The zero-order valence-corrected chi connectivity index (χ0v) is 10.8. The van der Waals surface area contributed by atoms with Crippen LogP contribution in [0.5, 0.6) is 0 Å². The molecule has 0 radical (unpaired) electrons. The predicted octanol–water partition coefficient (Wildman–Crippen LogP) is 1.86. The summed E-state index contributed by atoms with van der Waals surface area (Å²) in [6, 6.07) is 0. The van der Waals surface area contributed by atoms with Crippen LogP contribution in [-0.2, 0) is 9.63 Å². The Balaban J connectivity index is 3.65. The van der Waals surface area contributed by atoms with Gasteiger partial charge in [0.25, 0.3) is 0 Å². The first-order valence-corrected chi connectivity index (χ1v) is 6.40. The predicted molar refractivity (Wildman–Crippen MR) is 65.9 cm³/mol. The number of rotatable bonds is 10. The number of hydrogen-bond acceptors (Lipinski definition) is 4. The molecule has 0 aromatic heterocycles. The van der Waals surface area contributed by atoms with Crippen molar-refractivity contribution in [2.45, 2.75) is 46.5 Å². The summed E-state index contributed by atoms with van der Waals surface area (Å²) >= 11 is 0. The summed E-state index contributed by atoms with van der Waals surface area (Å²) in [4.78, 5) is 16.7. The van der Waals surface area contributed by atoms with Gasteiger partial charge in [-0.25, -0.2) is 0 Å². The average molecular weight is 230 g/mol. The number of nitrogens with one attached hydrogen (secondary N) is 2. The Hall–Kier alpha value is -0.610. The van der Waals surface area contributed by atoms with Gasteiger partial charge >= 0.3 is 5.97 Å². The fourth-order valence-corrected chi connectivity index (χ4v) is 1.60. The van der Waals surface area contributed by atoms with Gasteiger partial charge in [-0.3, -0.25) is 4.79 Å². The molecule has 4 heteroatoms. The molecule has 0 aromatic rings. The van der Waals surface area contributed by atoms with Crippen LogP contribution in [0.1, 0.15) is 46.5 Å². The van der Waals surface area contributed by atoms with Crippen molar-refractivity contribution in [1.82, 2.24) is 10.8 Å². The van der Waals surface area contributed by atoms with Gasteiger partial charge < -0.3 is 10.2 Å². The normalized spacial score (nSPS) is 10.8. The Morgan fingerprint density at radius 3 is 2.25 bits per heavy atom. The van der Waals surface area contributed by atoms with Crippen LogP contribution in [0.15, 0.2) is 0 Å². The third-order valence-electron chi connectivity index (χ3n) is 2.43. The Morgan fingerprint density at radius 1 is 1.12 bits per heavy atom.